The number of H-pyrrole nitrogens is 1. The first-order chi connectivity index (χ1) is 23.2. The van der Waals surface area contributed by atoms with Crippen LogP contribution in [0.3, 0.4) is 0 Å². The van der Waals surface area contributed by atoms with E-state index in [0.29, 0.717) is 57.0 Å². The lowest BCUT2D eigenvalue weighted by molar-refractivity contribution is -0.138. The zero-order valence-electron chi connectivity index (χ0n) is 26.9. The summed E-state index contributed by atoms with van der Waals surface area (Å²) in [4.78, 5) is 39.4. The first-order valence-corrected chi connectivity index (χ1v) is 16.5. The number of carbonyl (C=O) groups is 2. The topological polar surface area (TPSA) is 116 Å². The number of fused-ring (bicyclic) bond motifs is 1. The highest BCUT2D eigenvalue weighted by molar-refractivity contribution is 5.99. The van der Waals surface area contributed by atoms with Gasteiger partial charge in [-0.05, 0) is 61.1 Å². The van der Waals surface area contributed by atoms with Gasteiger partial charge in [-0.2, -0.15) is 5.10 Å². The molecule has 4 aromatic rings. The number of hydrogen-bond acceptors (Lipinski definition) is 7. The molecule has 2 amide bonds. The number of nitrogens with zero attached hydrogens (tertiary/aromatic N) is 5. The minimum Gasteiger partial charge on any atom is -0.367 e. The normalized spacial score (nSPS) is 21.7. The van der Waals surface area contributed by atoms with Gasteiger partial charge in [0.05, 0.1) is 12.1 Å². The van der Waals surface area contributed by atoms with Crippen LogP contribution >= 0.6 is 0 Å². The fraction of sp³-hybridized carbons (Fsp3) is 0.417. The van der Waals surface area contributed by atoms with Crippen molar-refractivity contribution in [3.63, 3.8) is 0 Å². The van der Waals surface area contributed by atoms with E-state index in [0.717, 1.165) is 34.1 Å². The van der Waals surface area contributed by atoms with E-state index in [-0.39, 0.29) is 37.1 Å². The van der Waals surface area contributed by atoms with Crippen molar-refractivity contribution in [3.8, 4) is 11.4 Å². The fourth-order valence-electron chi connectivity index (χ4n) is 7.16. The van der Waals surface area contributed by atoms with Crippen LogP contribution in [0.25, 0.3) is 27.9 Å². The standard InChI is InChI=1S/C36H39F2N7O3/c1-48-35(34(47)41-28-7-8-30-29(21-28)32(43-42-30)26-9-13-36(37,38)14-10-26)15-20-44(23-35)22-31(46)45-18-11-25(12-19-45)24-3-5-27(6-4-24)33-39-16-2-17-40-33/h2-8,11,16-17,21,26H,9-10,12-15,18-20,22-23H2,1H3,(H,41,47)(H,42,43)/t35-/m0/s1. The molecule has 2 aromatic carbocycles. The third-order valence-electron chi connectivity index (χ3n) is 10.1. The molecule has 7 rings (SSSR count). The van der Waals surface area contributed by atoms with Crippen molar-refractivity contribution in [1.29, 1.82) is 0 Å². The van der Waals surface area contributed by atoms with Gasteiger partial charge in [0.25, 0.3) is 5.91 Å². The Morgan fingerprint density at radius 1 is 1.02 bits per heavy atom. The largest absolute Gasteiger partial charge is 0.367 e. The van der Waals surface area contributed by atoms with Crippen molar-refractivity contribution < 1.29 is 23.1 Å². The summed E-state index contributed by atoms with van der Waals surface area (Å²) < 4.78 is 33.3. The van der Waals surface area contributed by atoms with Gasteiger partial charge in [0.15, 0.2) is 11.4 Å². The first kappa shape index (κ1) is 32.0. The Hall–Kier alpha value is -4.55. The van der Waals surface area contributed by atoms with Gasteiger partial charge < -0.3 is 15.0 Å². The zero-order valence-corrected chi connectivity index (χ0v) is 26.9. The first-order valence-electron chi connectivity index (χ1n) is 16.5. The van der Waals surface area contributed by atoms with E-state index in [2.05, 4.69) is 43.7 Å². The second-order valence-corrected chi connectivity index (χ2v) is 13.1. The molecule has 2 aromatic heterocycles. The number of benzene rings is 2. The molecule has 2 fully saturated rings. The number of aromatic amines is 1. The smallest absolute Gasteiger partial charge is 0.258 e. The van der Waals surface area contributed by atoms with E-state index >= 15 is 0 Å². The summed E-state index contributed by atoms with van der Waals surface area (Å²) in [5.74, 6) is -2.21. The molecular formula is C36H39F2N7O3. The predicted octanol–water partition coefficient (Wildman–Crippen LogP) is 5.66. The Morgan fingerprint density at radius 2 is 1.77 bits per heavy atom. The molecule has 4 heterocycles. The van der Waals surface area contributed by atoms with Gasteiger partial charge in [-0.3, -0.25) is 19.6 Å². The van der Waals surface area contributed by atoms with Crippen molar-refractivity contribution in [2.45, 2.75) is 56.0 Å². The maximum atomic E-state index is 13.8. The Kier molecular flexibility index (Phi) is 8.78. The van der Waals surface area contributed by atoms with Crippen LogP contribution in [-0.2, 0) is 14.3 Å². The molecule has 0 unspecified atom stereocenters. The number of rotatable bonds is 8. The predicted molar refractivity (Wildman–Crippen MR) is 178 cm³/mol. The molecule has 2 N–H and O–H groups in total. The molecule has 12 heteroatoms. The molecule has 0 bridgehead atoms. The van der Waals surface area contributed by atoms with Gasteiger partial charge in [-0.1, -0.05) is 30.3 Å². The highest BCUT2D eigenvalue weighted by atomic mass is 19.3. The second-order valence-electron chi connectivity index (χ2n) is 13.1. The van der Waals surface area contributed by atoms with Crippen LogP contribution < -0.4 is 5.32 Å². The summed E-state index contributed by atoms with van der Waals surface area (Å²) in [7, 11) is 1.53. The molecule has 250 valence electrons. The molecule has 48 heavy (non-hydrogen) atoms. The third-order valence-corrected chi connectivity index (χ3v) is 10.1. The average Bonchev–Trinajstić information content (AvgIpc) is 3.74. The van der Waals surface area contributed by atoms with Crippen LogP contribution in [-0.4, -0.2) is 93.1 Å². The van der Waals surface area contributed by atoms with E-state index in [1.165, 1.54) is 12.7 Å². The van der Waals surface area contributed by atoms with E-state index in [1.807, 2.05) is 34.1 Å². The van der Waals surface area contributed by atoms with E-state index in [1.54, 1.807) is 24.5 Å². The number of aromatic nitrogens is 4. The Morgan fingerprint density at radius 3 is 2.48 bits per heavy atom. The second kappa shape index (κ2) is 13.2. The molecule has 1 atom stereocenters. The van der Waals surface area contributed by atoms with Crippen LogP contribution in [0, 0.1) is 0 Å². The minimum absolute atomic E-state index is 0.0209. The van der Waals surface area contributed by atoms with Crippen LogP contribution in [0.4, 0.5) is 14.5 Å². The third kappa shape index (κ3) is 6.59. The SMILES string of the molecule is CO[C@@]1(C(=O)Nc2ccc3n[nH]c(C4CCC(F)(F)CC4)c3c2)CCN(CC(=O)N2CC=C(c3ccc(-c4ncccn4)cc3)CC2)C1. The summed E-state index contributed by atoms with van der Waals surface area (Å²) in [6.45, 7) is 2.21. The average molecular weight is 656 g/mol. The van der Waals surface area contributed by atoms with Crippen molar-refractivity contribution in [3.05, 3.63) is 78.3 Å². The summed E-state index contributed by atoms with van der Waals surface area (Å²) in [6.07, 6.45) is 7.26. The fourth-order valence-corrected chi connectivity index (χ4v) is 7.16. The molecule has 1 saturated carbocycles. The number of ether oxygens (including phenoxy) is 1. The molecule has 1 saturated heterocycles. The van der Waals surface area contributed by atoms with Crippen LogP contribution in [0.2, 0.25) is 0 Å². The number of halogens is 2. The van der Waals surface area contributed by atoms with Gasteiger partial charge in [-0.25, -0.2) is 18.7 Å². The number of likely N-dealkylation sites (tertiary alicyclic amines) is 1. The molecule has 2 aliphatic heterocycles. The molecule has 0 spiro atoms. The number of hydrogen-bond donors (Lipinski definition) is 2. The number of nitrogens with one attached hydrogen (secondary N) is 2. The van der Waals surface area contributed by atoms with E-state index in [4.69, 9.17) is 4.74 Å². The number of methoxy groups -OCH3 is 1. The number of amides is 2. The summed E-state index contributed by atoms with van der Waals surface area (Å²) in [5, 5.41) is 11.3. The van der Waals surface area contributed by atoms with Gasteiger partial charge in [0.2, 0.25) is 11.8 Å². The molecule has 10 nitrogen and oxygen atoms in total. The van der Waals surface area contributed by atoms with Crippen LogP contribution in [0.15, 0.2) is 67.0 Å². The monoisotopic (exact) mass is 655 g/mol. The maximum Gasteiger partial charge on any atom is 0.258 e. The van der Waals surface area contributed by atoms with Crippen molar-refractivity contribution in [2.24, 2.45) is 0 Å². The van der Waals surface area contributed by atoms with Crippen LogP contribution in [0.1, 0.15) is 55.7 Å². The number of alkyl halides is 2. The summed E-state index contributed by atoms with van der Waals surface area (Å²) in [5.41, 5.74) is 4.33. The summed E-state index contributed by atoms with van der Waals surface area (Å²) >= 11 is 0. The van der Waals surface area contributed by atoms with Crippen molar-refractivity contribution >= 4 is 34.0 Å². The number of carbonyl (C=O) groups excluding carboxylic acids is 2. The summed E-state index contributed by atoms with van der Waals surface area (Å²) in [6, 6.07) is 15.4. The highest BCUT2D eigenvalue weighted by Gasteiger charge is 2.46. The van der Waals surface area contributed by atoms with E-state index in [9.17, 15) is 18.4 Å². The van der Waals surface area contributed by atoms with Crippen molar-refractivity contribution in [1.82, 2.24) is 30.0 Å². The lowest BCUT2D eigenvalue weighted by atomic mass is 9.84. The highest BCUT2D eigenvalue weighted by Crippen LogP contribution is 2.42. The molecule has 0 radical (unpaired) electrons. The van der Waals surface area contributed by atoms with E-state index < -0.39 is 11.5 Å². The quantitative estimate of drug-likeness (QED) is 0.252. The number of anilines is 1. The molecule has 3 aliphatic rings. The Bertz CT molecular complexity index is 1820. The lowest BCUT2D eigenvalue weighted by Gasteiger charge is -2.30. The maximum absolute atomic E-state index is 13.8. The zero-order chi connectivity index (χ0) is 33.3. The van der Waals surface area contributed by atoms with Gasteiger partial charge in [0.1, 0.15) is 0 Å². The van der Waals surface area contributed by atoms with Gasteiger partial charge in [0, 0.05) is 86.8 Å². The lowest BCUT2D eigenvalue weighted by Crippen LogP contribution is -2.48. The minimum atomic E-state index is -2.61. The van der Waals surface area contributed by atoms with Crippen LogP contribution in [0.5, 0.6) is 0 Å². The molecule has 1 aliphatic carbocycles. The molecular weight excluding hydrogens is 616 g/mol. The Balaban J connectivity index is 0.945. The van der Waals surface area contributed by atoms with Gasteiger partial charge >= 0.3 is 0 Å². The van der Waals surface area contributed by atoms with Gasteiger partial charge in [-0.15, -0.1) is 0 Å². The Labute approximate surface area is 277 Å². The van der Waals surface area contributed by atoms with Crippen molar-refractivity contribution in [2.75, 3.05) is 45.2 Å².